The zero-order valence-electron chi connectivity index (χ0n) is 23.0. The first-order chi connectivity index (χ1) is 20.5. The van der Waals surface area contributed by atoms with E-state index in [9.17, 15) is 9.59 Å². The van der Waals surface area contributed by atoms with Gasteiger partial charge in [0.05, 0.1) is 34.5 Å². The van der Waals surface area contributed by atoms with E-state index in [0.29, 0.717) is 55.2 Å². The zero-order chi connectivity index (χ0) is 28.9. The van der Waals surface area contributed by atoms with Crippen LogP contribution < -0.4 is 26.6 Å². The number of aromatic amines is 1. The van der Waals surface area contributed by atoms with Gasteiger partial charge in [0.25, 0.3) is 5.91 Å². The lowest BCUT2D eigenvalue weighted by Gasteiger charge is -2.42. The zero-order valence-corrected chi connectivity index (χ0v) is 23.0. The number of piperidine rings is 1. The number of carbonyl (C=O) groups is 2. The van der Waals surface area contributed by atoms with Gasteiger partial charge < -0.3 is 31.6 Å². The molecule has 3 heterocycles. The van der Waals surface area contributed by atoms with Crippen LogP contribution in [0.15, 0.2) is 97.2 Å². The Morgan fingerprint density at radius 1 is 0.905 bits per heavy atom. The molecule has 0 atom stereocenters. The molecule has 1 aliphatic rings. The van der Waals surface area contributed by atoms with Crippen molar-refractivity contribution in [3.05, 3.63) is 109 Å². The number of rotatable bonds is 8. The number of amides is 2. The van der Waals surface area contributed by atoms with Crippen molar-refractivity contribution in [3.63, 3.8) is 0 Å². The van der Waals surface area contributed by atoms with Gasteiger partial charge in [0.1, 0.15) is 17.2 Å². The molecule has 0 radical (unpaired) electrons. The van der Waals surface area contributed by atoms with Gasteiger partial charge >= 0.3 is 0 Å². The molecule has 1 aliphatic heterocycles. The van der Waals surface area contributed by atoms with E-state index in [1.165, 1.54) is 0 Å². The number of pyridine rings is 1. The standard InChI is InChI=1S/C32H32N8O2/c33-24-10-4-5-11-25(24)38-30(41)22-14-15-29(34-20-22)40-18-16-32(17-19-40,39-23-8-2-1-3-9-23)31(42)35-21-28-36-26-12-6-7-13-27(26)37-28/h1-15,20,39H,16-19,21,33H2,(H,35,42)(H,36,37)(H,38,41). The summed E-state index contributed by atoms with van der Waals surface area (Å²) in [5.74, 6) is 1.10. The fourth-order valence-corrected chi connectivity index (χ4v) is 5.26. The van der Waals surface area contributed by atoms with E-state index in [1.807, 2.05) is 72.8 Å². The highest BCUT2D eigenvalue weighted by atomic mass is 16.2. The first kappa shape index (κ1) is 26.8. The molecular weight excluding hydrogens is 528 g/mol. The molecule has 1 fully saturated rings. The van der Waals surface area contributed by atoms with Gasteiger partial charge in [0.15, 0.2) is 0 Å². The normalized spacial score (nSPS) is 14.3. The van der Waals surface area contributed by atoms with Gasteiger partial charge in [0, 0.05) is 25.0 Å². The minimum Gasteiger partial charge on any atom is -0.397 e. The number of para-hydroxylation sites is 5. The number of nitrogens with one attached hydrogen (secondary N) is 4. The molecule has 2 aromatic heterocycles. The van der Waals surface area contributed by atoms with Gasteiger partial charge in [-0.1, -0.05) is 42.5 Å². The number of nitrogens with zero attached hydrogens (tertiary/aromatic N) is 3. The summed E-state index contributed by atoms with van der Waals surface area (Å²) in [6.07, 6.45) is 2.68. The Morgan fingerprint density at radius 3 is 2.38 bits per heavy atom. The summed E-state index contributed by atoms with van der Waals surface area (Å²) in [7, 11) is 0. The number of anilines is 4. The number of benzene rings is 3. The number of aromatic nitrogens is 3. The van der Waals surface area contributed by atoms with Gasteiger partial charge in [-0.25, -0.2) is 9.97 Å². The summed E-state index contributed by atoms with van der Waals surface area (Å²) in [6, 6.07) is 28.3. The number of imidazole rings is 1. The number of nitrogens with two attached hydrogens (primary N) is 1. The summed E-state index contributed by atoms with van der Waals surface area (Å²) in [5.41, 5.74) is 9.33. The van der Waals surface area contributed by atoms with Gasteiger partial charge in [-0.05, 0) is 61.4 Å². The highest BCUT2D eigenvalue weighted by Crippen LogP contribution is 2.30. The summed E-state index contributed by atoms with van der Waals surface area (Å²) >= 11 is 0. The second-order valence-corrected chi connectivity index (χ2v) is 10.4. The summed E-state index contributed by atoms with van der Waals surface area (Å²) < 4.78 is 0. The molecule has 0 bridgehead atoms. The van der Waals surface area contributed by atoms with Crippen LogP contribution in [0.2, 0.25) is 0 Å². The molecule has 0 spiro atoms. The molecule has 5 aromatic rings. The third kappa shape index (κ3) is 5.73. The van der Waals surface area contributed by atoms with Crippen LogP contribution in [0.3, 0.4) is 0 Å². The summed E-state index contributed by atoms with van der Waals surface area (Å²) in [4.78, 5) is 41.0. The molecule has 10 heteroatoms. The van der Waals surface area contributed by atoms with Crippen molar-refractivity contribution in [1.82, 2.24) is 20.3 Å². The van der Waals surface area contributed by atoms with Gasteiger partial charge in [-0.2, -0.15) is 0 Å². The minimum absolute atomic E-state index is 0.0772. The van der Waals surface area contributed by atoms with E-state index < -0.39 is 5.54 Å². The van der Waals surface area contributed by atoms with E-state index in [-0.39, 0.29) is 11.8 Å². The molecule has 0 saturated carbocycles. The average molecular weight is 561 g/mol. The Kier molecular flexibility index (Phi) is 7.42. The topological polar surface area (TPSA) is 141 Å². The Labute approximate surface area is 243 Å². The van der Waals surface area contributed by atoms with E-state index in [2.05, 4.69) is 35.8 Å². The Bertz CT molecular complexity index is 1660. The quantitative estimate of drug-likeness (QED) is 0.175. The second-order valence-electron chi connectivity index (χ2n) is 10.4. The van der Waals surface area contributed by atoms with Crippen LogP contribution >= 0.6 is 0 Å². The Balaban J connectivity index is 1.13. The van der Waals surface area contributed by atoms with Crippen LogP contribution in [-0.4, -0.2) is 45.4 Å². The van der Waals surface area contributed by atoms with Crippen LogP contribution in [0.5, 0.6) is 0 Å². The van der Waals surface area contributed by atoms with E-state index in [1.54, 1.807) is 24.4 Å². The average Bonchev–Trinajstić information content (AvgIpc) is 3.45. The number of nitrogen functional groups attached to an aromatic ring is 1. The fraction of sp³-hybridized carbons (Fsp3) is 0.188. The number of hydrogen-bond acceptors (Lipinski definition) is 7. The second kappa shape index (κ2) is 11.6. The molecular formula is C32H32N8O2. The maximum absolute atomic E-state index is 13.7. The van der Waals surface area contributed by atoms with Crippen LogP contribution in [-0.2, 0) is 11.3 Å². The lowest BCUT2D eigenvalue weighted by Crippen LogP contribution is -2.58. The summed E-state index contributed by atoms with van der Waals surface area (Å²) in [5, 5.41) is 9.46. The van der Waals surface area contributed by atoms with Crippen molar-refractivity contribution in [2.24, 2.45) is 0 Å². The van der Waals surface area contributed by atoms with Crippen molar-refractivity contribution in [2.45, 2.75) is 24.9 Å². The lowest BCUT2D eigenvalue weighted by atomic mass is 9.85. The van der Waals surface area contributed by atoms with Crippen LogP contribution in [0.4, 0.5) is 22.9 Å². The van der Waals surface area contributed by atoms with Gasteiger partial charge in [-0.15, -0.1) is 0 Å². The predicted molar refractivity (Wildman–Crippen MR) is 165 cm³/mol. The number of hydrogen-bond donors (Lipinski definition) is 5. The molecule has 3 aromatic carbocycles. The van der Waals surface area contributed by atoms with E-state index >= 15 is 0 Å². The molecule has 42 heavy (non-hydrogen) atoms. The Hall–Kier alpha value is -5.38. The molecule has 2 amide bonds. The van der Waals surface area contributed by atoms with Crippen molar-refractivity contribution in [1.29, 1.82) is 0 Å². The van der Waals surface area contributed by atoms with Crippen molar-refractivity contribution in [3.8, 4) is 0 Å². The number of H-pyrrole nitrogens is 1. The van der Waals surface area contributed by atoms with E-state index in [4.69, 9.17) is 5.73 Å². The van der Waals surface area contributed by atoms with Gasteiger partial charge in [-0.3, -0.25) is 9.59 Å². The van der Waals surface area contributed by atoms with Crippen molar-refractivity contribution in [2.75, 3.05) is 34.4 Å². The monoisotopic (exact) mass is 560 g/mol. The molecule has 10 nitrogen and oxygen atoms in total. The predicted octanol–water partition coefficient (Wildman–Crippen LogP) is 4.56. The van der Waals surface area contributed by atoms with Crippen LogP contribution in [0, 0.1) is 0 Å². The van der Waals surface area contributed by atoms with Gasteiger partial charge in [0.2, 0.25) is 5.91 Å². The lowest BCUT2D eigenvalue weighted by molar-refractivity contribution is -0.126. The first-order valence-electron chi connectivity index (χ1n) is 13.9. The third-order valence-corrected chi connectivity index (χ3v) is 7.61. The van der Waals surface area contributed by atoms with Crippen molar-refractivity contribution < 1.29 is 9.59 Å². The van der Waals surface area contributed by atoms with Crippen LogP contribution in [0.1, 0.15) is 29.0 Å². The summed E-state index contributed by atoms with van der Waals surface area (Å²) in [6.45, 7) is 1.52. The molecule has 6 rings (SSSR count). The molecule has 212 valence electrons. The van der Waals surface area contributed by atoms with E-state index in [0.717, 1.165) is 22.5 Å². The first-order valence-corrected chi connectivity index (χ1v) is 13.9. The number of fused-ring (bicyclic) bond motifs is 1. The minimum atomic E-state index is -0.806. The Morgan fingerprint density at radius 2 is 1.64 bits per heavy atom. The van der Waals surface area contributed by atoms with Crippen LogP contribution in [0.25, 0.3) is 11.0 Å². The largest absolute Gasteiger partial charge is 0.397 e. The maximum Gasteiger partial charge on any atom is 0.257 e. The molecule has 6 N–H and O–H groups in total. The molecule has 1 saturated heterocycles. The number of carbonyl (C=O) groups excluding carboxylic acids is 2. The van der Waals surface area contributed by atoms with Crippen molar-refractivity contribution >= 4 is 45.7 Å². The molecule has 0 aliphatic carbocycles. The maximum atomic E-state index is 13.7. The smallest absolute Gasteiger partial charge is 0.257 e. The molecule has 0 unspecified atom stereocenters. The highest BCUT2D eigenvalue weighted by molar-refractivity contribution is 6.05. The fourth-order valence-electron chi connectivity index (χ4n) is 5.26. The third-order valence-electron chi connectivity index (χ3n) is 7.61. The highest BCUT2D eigenvalue weighted by Gasteiger charge is 2.41. The SMILES string of the molecule is Nc1ccccc1NC(=O)c1ccc(N2CCC(Nc3ccccc3)(C(=O)NCc3nc4ccccc4[nH]3)CC2)nc1.